The van der Waals surface area contributed by atoms with Gasteiger partial charge in [0.2, 0.25) is 5.91 Å². The standard InChI is InChI=1S/C19H21FN2O/c1-13(14-5-2-6-15(20)12-14)11-19(23)22-10-4-7-16-17(21)8-3-9-18(16)22/h2-3,5-6,8-9,12-13H,4,7,10-11,21H2,1H3. The number of hydrogen-bond acceptors (Lipinski definition) is 2. The summed E-state index contributed by atoms with van der Waals surface area (Å²) in [5, 5.41) is 0. The molecular formula is C19H21FN2O. The Bertz CT molecular complexity index is 729. The van der Waals surface area contributed by atoms with Crippen molar-refractivity contribution in [2.24, 2.45) is 0 Å². The summed E-state index contributed by atoms with van der Waals surface area (Å²) >= 11 is 0. The fraction of sp³-hybridized carbons (Fsp3) is 0.316. The van der Waals surface area contributed by atoms with E-state index in [0.29, 0.717) is 13.0 Å². The summed E-state index contributed by atoms with van der Waals surface area (Å²) in [5.74, 6) is -0.226. The second kappa shape index (κ2) is 6.41. The van der Waals surface area contributed by atoms with E-state index in [0.717, 1.165) is 35.3 Å². The number of amides is 1. The highest BCUT2D eigenvalue weighted by molar-refractivity contribution is 5.95. The molecule has 1 atom stereocenters. The fourth-order valence-electron chi connectivity index (χ4n) is 3.21. The smallest absolute Gasteiger partial charge is 0.227 e. The quantitative estimate of drug-likeness (QED) is 0.874. The van der Waals surface area contributed by atoms with Crippen LogP contribution in [0.25, 0.3) is 0 Å². The van der Waals surface area contributed by atoms with Gasteiger partial charge in [0.25, 0.3) is 0 Å². The van der Waals surface area contributed by atoms with Crippen LogP contribution in [0.15, 0.2) is 42.5 Å². The summed E-state index contributed by atoms with van der Waals surface area (Å²) in [6.45, 7) is 2.67. The maximum Gasteiger partial charge on any atom is 0.227 e. The van der Waals surface area contributed by atoms with Crippen molar-refractivity contribution in [3.63, 3.8) is 0 Å². The molecule has 3 nitrogen and oxygen atoms in total. The molecule has 1 aliphatic rings. The molecule has 1 amide bonds. The zero-order valence-electron chi connectivity index (χ0n) is 13.3. The lowest BCUT2D eigenvalue weighted by molar-refractivity contribution is -0.119. The maximum absolute atomic E-state index is 13.4. The average molecular weight is 312 g/mol. The number of halogens is 1. The molecule has 0 saturated heterocycles. The van der Waals surface area contributed by atoms with Gasteiger partial charge in [-0.25, -0.2) is 4.39 Å². The summed E-state index contributed by atoms with van der Waals surface area (Å²) in [5.41, 5.74) is 9.62. The fourth-order valence-corrected chi connectivity index (χ4v) is 3.21. The van der Waals surface area contributed by atoms with Gasteiger partial charge in [-0.1, -0.05) is 25.1 Å². The lowest BCUT2D eigenvalue weighted by Gasteiger charge is -2.31. The first-order valence-electron chi connectivity index (χ1n) is 7.99. The molecule has 2 N–H and O–H groups in total. The third-order valence-corrected chi connectivity index (χ3v) is 4.49. The highest BCUT2D eigenvalue weighted by Crippen LogP contribution is 2.32. The van der Waals surface area contributed by atoms with E-state index < -0.39 is 0 Å². The van der Waals surface area contributed by atoms with Crippen molar-refractivity contribution in [3.05, 3.63) is 59.4 Å². The van der Waals surface area contributed by atoms with Crippen LogP contribution in [0, 0.1) is 5.82 Å². The van der Waals surface area contributed by atoms with Gasteiger partial charge in [-0.3, -0.25) is 4.79 Å². The second-order valence-corrected chi connectivity index (χ2v) is 6.15. The van der Waals surface area contributed by atoms with Crippen LogP contribution in [0.3, 0.4) is 0 Å². The Labute approximate surface area is 135 Å². The van der Waals surface area contributed by atoms with Crippen molar-refractivity contribution in [2.75, 3.05) is 17.2 Å². The SMILES string of the molecule is CC(CC(=O)N1CCCc2c(N)cccc21)c1cccc(F)c1. The molecule has 2 aromatic carbocycles. The minimum Gasteiger partial charge on any atom is -0.398 e. The number of rotatable bonds is 3. The highest BCUT2D eigenvalue weighted by Gasteiger charge is 2.25. The Morgan fingerprint density at radius 1 is 1.30 bits per heavy atom. The van der Waals surface area contributed by atoms with Crippen LogP contribution >= 0.6 is 0 Å². The summed E-state index contributed by atoms with van der Waals surface area (Å²) in [4.78, 5) is 14.6. The number of anilines is 2. The second-order valence-electron chi connectivity index (χ2n) is 6.15. The Morgan fingerprint density at radius 2 is 2.09 bits per heavy atom. The molecule has 1 heterocycles. The molecule has 2 aromatic rings. The van der Waals surface area contributed by atoms with Crippen molar-refractivity contribution in [2.45, 2.75) is 32.1 Å². The number of nitrogens with zero attached hydrogens (tertiary/aromatic N) is 1. The van der Waals surface area contributed by atoms with Crippen molar-refractivity contribution in [1.29, 1.82) is 0 Å². The number of nitrogens with two attached hydrogens (primary N) is 1. The normalized spacial score (nSPS) is 15.1. The molecule has 23 heavy (non-hydrogen) atoms. The zero-order chi connectivity index (χ0) is 16.4. The summed E-state index contributed by atoms with van der Waals surface area (Å²) in [7, 11) is 0. The minimum atomic E-state index is -0.266. The molecule has 0 aliphatic carbocycles. The van der Waals surface area contributed by atoms with Crippen LogP contribution in [-0.4, -0.2) is 12.5 Å². The largest absolute Gasteiger partial charge is 0.398 e. The lowest BCUT2D eigenvalue weighted by atomic mass is 9.95. The van der Waals surface area contributed by atoms with E-state index in [2.05, 4.69) is 0 Å². The summed E-state index contributed by atoms with van der Waals surface area (Å²) in [6.07, 6.45) is 2.18. The van der Waals surface area contributed by atoms with Crippen molar-refractivity contribution >= 4 is 17.3 Å². The molecule has 0 fully saturated rings. The van der Waals surface area contributed by atoms with E-state index in [4.69, 9.17) is 5.73 Å². The van der Waals surface area contributed by atoms with Gasteiger partial charge >= 0.3 is 0 Å². The van der Waals surface area contributed by atoms with Crippen LogP contribution in [0.2, 0.25) is 0 Å². The molecule has 3 rings (SSSR count). The van der Waals surface area contributed by atoms with Gasteiger partial charge in [-0.05, 0) is 54.2 Å². The molecule has 0 spiro atoms. The molecule has 4 heteroatoms. The van der Waals surface area contributed by atoms with Crippen LogP contribution in [-0.2, 0) is 11.2 Å². The van der Waals surface area contributed by atoms with Crippen LogP contribution in [0.1, 0.15) is 36.8 Å². The Morgan fingerprint density at radius 3 is 2.87 bits per heavy atom. The molecule has 1 unspecified atom stereocenters. The highest BCUT2D eigenvalue weighted by atomic mass is 19.1. The van der Waals surface area contributed by atoms with Gasteiger partial charge in [0.05, 0.1) is 0 Å². The van der Waals surface area contributed by atoms with Crippen molar-refractivity contribution in [3.8, 4) is 0 Å². The van der Waals surface area contributed by atoms with E-state index in [1.807, 2.05) is 36.1 Å². The number of hydrogen-bond donors (Lipinski definition) is 1. The first kappa shape index (κ1) is 15.5. The number of carbonyl (C=O) groups is 1. The van der Waals surface area contributed by atoms with Crippen molar-refractivity contribution < 1.29 is 9.18 Å². The number of fused-ring (bicyclic) bond motifs is 1. The first-order valence-corrected chi connectivity index (χ1v) is 7.99. The predicted octanol–water partition coefficient (Wildman–Crippen LogP) is 3.88. The van der Waals surface area contributed by atoms with E-state index in [9.17, 15) is 9.18 Å². The summed E-state index contributed by atoms with van der Waals surface area (Å²) in [6, 6.07) is 12.2. The van der Waals surface area contributed by atoms with Gasteiger partial charge < -0.3 is 10.6 Å². The van der Waals surface area contributed by atoms with E-state index >= 15 is 0 Å². The van der Waals surface area contributed by atoms with E-state index in [1.54, 1.807) is 6.07 Å². The van der Waals surface area contributed by atoms with Gasteiger partial charge in [0.1, 0.15) is 5.82 Å². The number of benzene rings is 2. The molecule has 0 saturated carbocycles. The van der Waals surface area contributed by atoms with Gasteiger partial charge in [-0.15, -0.1) is 0 Å². The molecule has 0 bridgehead atoms. The van der Waals surface area contributed by atoms with Crippen LogP contribution < -0.4 is 10.6 Å². The monoisotopic (exact) mass is 312 g/mol. The molecule has 0 aromatic heterocycles. The predicted molar refractivity (Wildman–Crippen MR) is 91.0 cm³/mol. The maximum atomic E-state index is 13.4. The van der Waals surface area contributed by atoms with Gasteiger partial charge in [-0.2, -0.15) is 0 Å². The third-order valence-electron chi connectivity index (χ3n) is 4.49. The lowest BCUT2D eigenvalue weighted by Crippen LogP contribution is -2.36. The molecular weight excluding hydrogens is 291 g/mol. The number of carbonyl (C=O) groups excluding carboxylic acids is 1. The van der Waals surface area contributed by atoms with E-state index in [-0.39, 0.29) is 17.6 Å². The Balaban J connectivity index is 1.78. The first-order chi connectivity index (χ1) is 11.1. The zero-order valence-corrected chi connectivity index (χ0v) is 13.3. The average Bonchev–Trinajstić information content (AvgIpc) is 2.54. The van der Waals surface area contributed by atoms with Crippen LogP contribution in [0.5, 0.6) is 0 Å². The van der Waals surface area contributed by atoms with E-state index in [1.165, 1.54) is 12.1 Å². The number of nitrogen functional groups attached to an aromatic ring is 1. The van der Waals surface area contributed by atoms with Crippen molar-refractivity contribution in [1.82, 2.24) is 0 Å². The molecule has 1 aliphatic heterocycles. The molecule has 0 radical (unpaired) electrons. The summed E-state index contributed by atoms with van der Waals surface area (Å²) < 4.78 is 13.4. The van der Waals surface area contributed by atoms with Gasteiger partial charge in [0, 0.05) is 24.3 Å². The van der Waals surface area contributed by atoms with Crippen LogP contribution in [0.4, 0.5) is 15.8 Å². The molecule has 120 valence electrons. The third kappa shape index (κ3) is 3.21. The Hall–Kier alpha value is -2.36. The minimum absolute atomic E-state index is 0.0235. The van der Waals surface area contributed by atoms with Gasteiger partial charge in [0.15, 0.2) is 0 Å². The Kier molecular flexibility index (Phi) is 4.33. The topological polar surface area (TPSA) is 46.3 Å².